The summed E-state index contributed by atoms with van der Waals surface area (Å²) in [4.78, 5) is 23.5. The molecule has 0 saturated carbocycles. The predicted molar refractivity (Wildman–Crippen MR) is 96.5 cm³/mol. The highest BCUT2D eigenvalue weighted by atomic mass is 19.1. The maximum absolute atomic E-state index is 13.5. The molecule has 1 atom stereocenters. The van der Waals surface area contributed by atoms with Gasteiger partial charge in [0.2, 0.25) is 11.8 Å². The van der Waals surface area contributed by atoms with E-state index in [1.807, 2.05) is 25.1 Å². The largest absolute Gasteiger partial charge is 0.490 e. The molecule has 0 saturated heterocycles. The number of carbonyl (C=O) groups is 2. The molecule has 26 heavy (non-hydrogen) atoms. The van der Waals surface area contributed by atoms with Crippen LogP contribution >= 0.6 is 0 Å². The number of amides is 2. The Morgan fingerprint density at radius 2 is 2.08 bits per heavy atom. The average molecular weight is 356 g/mol. The molecule has 0 fully saturated rings. The Kier molecular flexibility index (Phi) is 5.51. The Hall–Kier alpha value is -2.89. The van der Waals surface area contributed by atoms with Gasteiger partial charge in [-0.25, -0.2) is 4.39 Å². The minimum absolute atomic E-state index is 0.0291. The molecule has 1 aliphatic rings. The second-order valence-corrected chi connectivity index (χ2v) is 6.28. The van der Waals surface area contributed by atoms with E-state index in [0.717, 1.165) is 16.8 Å². The summed E-state index contributed by atoms with van der Waals surface area (Å²) in [5.74, 6) is -0.436. The van der Waals surface area contributed by atoms with Crippen molar-refractivity contribution >= 4 is 17.5 Å². The van der Waals surface area contributed by atoms with Crippen LogP contribution in [0.3, 0.4) is 0 Å². The number of hydrogen-bond donors (Lipinski definition) is 2. The molecule has 0 aliphatic carbocycles. The number of benzene rings is 2. The maximum Gasteiger partial charge on any atom is 0.224 e. The van der Waals surface area contributed by atoms with E-state index >= 15 is 0 Å². The number of fused-ring (bicyclic) bond motifs is 1. The number of para-hydroxylation sites is 1. The van der Waals surface area contributed by atoms with Crippen LogP contribution in [0, 0.1) is 5.82 Å². The molecule has 2 aromatic rings. The molecule has 2 amide bonds. The fourth-order valence-electron chi connectivity index (χ4n) is 2.89. The van der Waals surface area contributed by atoms with Crippen LogP contribution in [0.15, 0.2) is 42.5 Å². The van der Waals surface area contributed by atoms with E-state index in [4.69, 9.17) is 4.74 Å². The van der Waals surface area contributed by atoms with Crippen molar-refractivity contribution < 1.29 is 18.7 Å². The summed E-state index contributed by atoms with van der Waals surface area (Å²) in [6.07, 6.45) is 1.32. The molecule has 1 heterocycles. The van der Waals surface area contributed by atoms with Crippen molar-refractivity contribution in [2.24, 2.45) is 0 Å². The number of carbonyl (C=O) groups excluding carboxylic acids is 2. The summed E-state index contributed by atoms with van der Waals surface area (Å²) in [6, 6.07) is 11.7. The molecule has 0 bridgehead atoms. The Bertz CT molecular complexity index is 822. The van der Waals surface area contributed by atoms with E-state index < -0.39 is 5.82 Å². The van der Waals surface area contributed by atoms with Gasteiger partial charge in [0.1, 0.15) is 0 Å². The minimum Gasteiger partial charge on any atom is -0.490 e. The molecule has 6 heteroatoms. The molecule has 5 nitrogen and oxygen atoms in total. The standard InChI is InChI=1S/C20H21FN2O3/c1-13(14-6-8-17-15(12-14)7-9-19(24)23-17)22-20(25)10-11-26-18-5-3-2-4-16(18)21/h2-6,8,12-13H,7,9-11H2,1H3,(H,22,25)(H,23,24)/t13-/m1/s1. The summed E-state index contributed by atoms with van der Waals surface area (Å²) in [7, 11) is 0. The van der Waals surface area contributed by atoms with Gasteiger partial charge < -0.3 is 15.4 Å². The zero-order chi connectivity index (χ0) is 18.5. The number of anilines is 1. The van der Waals surface area contributed by atoms with Crippen molar-refractivity contribution in [3.8, 4) is 5.75 Å². The van der Waals surface area contributed by atoms with Gasteiger partial charge >= 0.3 is 0 Å². The summed E-state index contributed by atoms with van der Waals surface area (Å²) >= 11 is 0. The summed E-state index contributed by atoms with van der Waals surface area (Å²) in [5, 5.41) is 5.75. The molecular formula is C20H21FN2O3. The minimum atomic E-state index is -0.442. The number of aryl methyl sites for hydroxylation is 1. The Labute approximate surface area is 151 Å². The lowest BCUT2D eigenvalue weighted by molar-refractivity contribution is -0.122. The quantitative estimate of drug-likeness (QED) is 0.834. The SMILES string of the molecule is C[C@@H](NC(=O)CCOc1ccccc1F)c1ccc2c(c1)CCC(=O)N2. The van der Waals surface area contributed by atoms with Crippen molar-refractivity contribution in [1.29, 1.82) is 0 Å². The molecule has 2 aromatic carbocycles. The molecule has 0 aromatic heterocycles. The molecule has 2 N–H and O–H groups in total. The normalized spacial score (nSPS) is 14.2. The zero-order valence-corrected chi connectivity index (χ0v) is 14.5. The van der Waals surface area contributed by atoms with Gasteiger partial charge in [-0.15, -0.1) is 0 Å². The first-order valence-corrected chi connectivity index (χ1v) is 8.62. The number of rotatable bonds is 6. The number of halogens is 1. The highest BCUT2D eigenvalue weighted by molar-refractivity contribution is 5.93. The second kappa shape index (κ2) is 7.99. The second-order valence-electron chi connectivity index (χ2n) is 6.28. The summed E-state index contributed by atoms with van der Waals surface area (Å²) in [6.45, 7) is 2.01. The van der Waals surface area contributed by atoms with Crippen LogP contribution in [-0.4, -0.2) is 18.4 Å². The molecule has 1 aliphatic heterocycles. The van der Waals surface area contributed by atoms with Gasteiger partial charge in [0.15, 0.2) is 11.6 Å². The number of nitrogens with one attached hydrogen (secondary N) is 2. The molecule has 0 radical (unpaired) electrons. The fraction of sp³-hybridized carbons (Fsp3) is 0.300. The Morgan fingerprint density at radius 1 is 1.27 bits per heavy atom. The topological polar surface area (TPSA) is 67.4 Å². The monoisotopic (exact) mass is 356 g/mol. The first-order chi connectivity index (χ1) is 12.5. The van der Waals surface area contributed by atoms with Gasteiger partial charge in [0.05, 0.1) is 19.1 Å². The van der Waals surface area contributed by atoms with Gasteiger partial charge in [0.25, 0.3) is 0 Å². The fourth-order valence-corrected chi connectivity index (χ4v) is 2.89. The lowest BCUT2D eigenvalue weighted by Gasteiger charge is -2.20. The van der Waals surface area contributed by atoms with Crippen LogP contribution in [0.4, 0.5) is 10.1 Å². The van der Waals surface area contributed by atoms with Crippen LogP contribution < -0.4 is 15.4 Å². The van der Waals surface area contributed by atoms with E-state index in [9.17, 15) is 14.0 Å². The van der Waals surface area contributed by atoms with Crippen LogP contribution in [0.5, 0.6) is 5.75 Å². The van der Waals surface area contributed by atoms with Gasteiger partial charge in [0, 0.05) is 12.1 Å². The average Bonchev–Trinajstić information content (AvgIpc) is 2.62. The van der Waals surface area contributed by atoms with Crippen molar-refractivity contribution in [1.82, 2.24) is 5.32 Å². The maximum atomic E-state index is 13.5. The van der Waals surface area contributed by atoms with Crippen molar-refractivity contribution in [3.63, 3.8) is 0 Å². The highest BCUT2D eigenvalue weighted by Crippen LogP contribution is 2.26. The smallest absolute Gasteiger partial charge is 0.224 e. The van der Waals surface area contributed by atoms with Crippen LogP contribution in [-0.2, 0) is 16.0 Å². The number of ether oxygens (including phenoxy) is 1. The van der Waals surface area contributed by atoms with E-state index in [2.05, 4.69) is 10.6 Å². The number of hydrogen-bond acceptors (Lipinski definition) is 3. The Balaban J connectivity index is 1.51. The third-order valence-corrected chi connectivity index (χ3v) is 4.33. The predicted octanol–water partition coefficient (Wildman–Crippen LogP) is 3.36. The van der Waals surface area contributed by atoms with E-state index in [0.29, 0.717) is 12.8 Å². The third kappa shape index (κ3) is 4.39. The van der Waals surface area contributed by atoms with E-state index in [1.165, 1.54) is 12.1 Å². The Morgan fingerprint density at radius 3 is 2.88 bits per heavy atom. The lowest BCUT2D eigenvalue weighted by atomic mass is 9.98. The zero-order valence-electron chi connectivity index (χ0n) is 14.5. The van der Waals surface area contributed by atoms with Gasteiger partial charge in [-0.05, 0) is 42.7 Å². The summed E-state index contributed by atoms with van der Waals surface area (Å²) in [5.41, 5.74) is 2.89. The molecular weight excluding hydrogens is 335 g/mol. The van der Waals surface area contributed by atoms with Crippen LogP contribution in [0.2, 0.25) is 0 Å². The van der Waals surface area contributed by atoms with E-state index in [-0.39, 0.29) is 36.6 Å². The van der Waals surface area contributed by atoms with Gasteiger partial charge in [-0.2, -0.15) is 0 Å². The third-order valence-electron chi connectivity index (χ3n) is 4.33. The van der Waals surface area contributed by atoms with Crippen LogP contribution in [0.1, 0.15) is 36.9 Å². The first kappa shape index (κ1) is 17.9. The lowest BCUT2D eigenvalue weighted by Crippen LogP contribution is -2.28. The van der Waals surface area contributed by atoms with Gasteiger partial charge in [-0.3, -0.25) is 9.59 Å². The van der Waals surface area contributed by atoms with Gasteiger partial charge in [-0.1, -0.05) is 24.3 Å². The molecule has 3 rings (SSSR count). The first-order valence-electron chi connectivity index (χ1n) is 8.62. The summed E-state index contributed by atoms with van der Waals surface area (Å²) < 4.78 is 18.8. The van der Waals surface area contributed by atoms with Crippen molar-refractivity contribution in [3.05, 3.63) is 59.4 Å². The molecule has 136 valence electrons. The van der Waals surface area contributed by atoms with Crippen molar-refractivity contribution in [2.45, 2.75) is 32.2 Å². The highest BCUT2D eigenvalue weighted by Gasteiger charge is 2.17. The van der Waals surface area contributed by atoms with Crippen LogP contribution in [0.25, 0.3) is 0 Å². The molecule has 0 spiro atoms. The van der Waals surface area contributed by atoms with E-state index in [1.54, 1.807) is 12.1 Å². The van der Waals surface area contributed by atoms with Crippen molar-refractivity contribution in [2.75, 3.05) is 11.9 Å². The molecule has 0 unspecified atom stereocenters.